The van der Waals surface area contributed by atoms with Crippen molar-refractivity contribution in [3.63, 3.8) is 0 Å². The zero-order valence-corrected chi connectivity index (χ0v) is 10.8. The third-order valence-corrected chi connectivity index (χ3v) is 3.18. The summed E-state index contributed by atoms with van der Waals surface area (Å²) < 4.78 is 12.0. The Morgan fingerprint density at radius 2 is 2.12 bits per heavy atom. The zero-order valence-electron chi connectivity index (χ0n) is 9.20. The summed E-state index contributed by atoms with van der Waals surface area (Å²) >= 11 is 3.43. The van der Waals surface area contributed by atoms with Crippen LogP contribution in [0, 0.1) is 0 Å². The van der Waals surface area contributed by atoms with Crippen LogP contribution in [0.2, 0.25) is 0 Å². The molecule has 0 radical (unpaired) electrons. The quantitative estimate of drug-likeness (QED) is 0.923. The van der Waals surface area contributed by atoms with E-state index < -0.39 is 0 Å². The second kappa shape index (κ2) is 5.50. The monoisotopic (exact) mass is 286 g/mol. The molecule has 1 aliphatic heterocycles. The Labute approximate surface area is 103 Å². The van der Waals surface area contributed by atoms with Crippen LogP contribution in [0.4, 0.5) is 0 Å². The molecule has 1 saturated heterocycles. The third kappa shape index (κ3) is 2.65. The molecule has 0 amide bonds. The van der Waals surface area contributed by atoms with Crippen LogP contribution < -0.4 is 14.8 Å². The van der Waals surface area contributed by atoms with Gasteiger partial charge in [-0.05, 0) is 41.9 Å². The van der Waals surface area contributed by atoms with Gasteiger partial charge in [-0.3, -0.25) is 4.98 Å². The maximum Gasteiger partial charge on any atom is 0.180 e. The van der Waals surface area contributed by atoms with Crippen molar-refractivity contribution >= 4 is 15.9 Å². The molecule has 0 spiro atoms. The van der Waals surface area contributed by atoms with Crippen LogP contribution >= 0.6 is 15.9 Å². The van der Waals surface area contributed by atoms with E-state index in [1.54, 1.807) is 19.5 Å². The molecule has 0 atom stereocenters. The van der Waals surface area contributed by atoms with Gasteiger partial charge in [0.2, 0.25) is 0 Å². The van der Waals surface area contributed by atoms with Crippen LogP contribution in [0.5, 0.6) is 11.5 Å². The largest absolute Gasteiger partial charge is 0.491 e. The molecule has 5 heteroatoms. The van der Waals surface area contributed by atoms with Gasteiger partial charge in [0.05, 0.1) is 17.8 Å². The average Bonchev–Trinajstić information content (AvgIpc) is 2.33. The van der Waals surface area contributed by atoms with Gasteiger partial charge in [-0.1, -0.05) is 0 Å². The Morgan fingerprint density at radius 1 is 1.38 bits per heavy atom. The maximum absolute atomic E-state index is 5.96. The molecule has 2 rings (SSSR count). The summed E-state index contributed by atoms with van der Waals surface area (Å²) in [5.74, 6) is 1.43. The van der Waals surface area contributed by atoms with Gasteiger partial charge in [-0.25, -0.2) is 0 Å². The van der Waals surface area contributed by atoms with Crippen molar-refractivity contribution in [3.8, 4) is 11.5 Å². The molecular weight excluding hydrogens is 272 g/mol. The number of piperidine rings is 1. The van der Waals surface area contributed by atoms with Crippen LogP contribution in [0.15, 0.2) is 16.9 Å². The van der Waals surface area contributed by atoms with E-state index in [9.17, 15) is 0 Å². The first-order chi connectivity index (χ1) is 7.81. The normalized spacial score (nSPS) is 17.1. The molecule has 4 nitrogen and oxygen atoms in total. The van der Waals surface area contributed by atoms with Crippen LogP contribution in [0.3, 0.4) is 0 Å². The van der Waals surface area contributed by atoms with E-state index >= 15 is 0 Å². The van der Waals surface area contributed by atoms with Gasteiger partial charge in [0.15, 0.2) is 11.5 Å². The number of rotatable bonds is 3. The van der Waals surface area contributed by atoms with Crippen molar-refractivity contribution in [1.82, 2.24) is 10.3 Å². The van der Waals surface area contributed by atoms with Crippen molar-refractivity contribution in [2.75, 3.05) is 20.2 Å². The number of pyridine rings is 1. The van der Waals surface area contributed by atoms with Crippen LogP contribution in [0.1, 0.15) is 12.8 Å². The van der Waals surface area contributed by atoms with Gasteiger partial charge in [0.25, 0.3) is 0 Å². The zero-order chi connectivity index (χ0) is 11.4. The van der Waals surface area contributed by atoms with Gasteiger partial charge in [-0.15, -0.1) is 0 Å². The van der Waals surface area contributed by atoms with Crippen molar-refractivity contribution in [1.29, 1.82) is 0 Å². The molecule has 88 valence electrons. The van der Waals surface area contributed by atoms with Gasteiger partial charge >= 0.3 is 0 Å². The molecule has 1 N–H and O–H groups in total. The Bertz CT molecular complexity index is 354. The number of nitrogens with zero attached hydrogens (tertiary/aromatic N) is 1. The lowest BCUT2D eigenvalue weighted by atomic mass is 10.1. The standard InChI is InChI=1S/C11H15BrN2O2/c1-15-10-7-14-6-9(12)11(10)16-8-2-4-13-5-3-8/h6-8,13H,2-5H2,1H3. The van der Waals surface area contributed by atoms with Crippen molar-refractivity contribution < 1.29 is 9.47 Å². The molecule has 2 heterocycles. The number of hydrogen-bond donors (Lipinski definition) is 1. The van der Waals surface area contributed by atoms with Crippen molar-refractivity contribution in [2.24, 2.45) is 0 Å². The molecule has 0 bridgehead atoms. The van der Waals surface area contributed by atoms with Crippen LogP contribution in [0.25, 0.3) is 0 Å². The summed E-state index contributed by atoms with van der Waals surface area (Å²) in [5.41, 5.74) is 0. The second-order valence-corrected chi connectivity index (χ2v) is 4.57. The Balaban J connectivity index is 2.12. The van der Waals surface area contributed by atoms with Gasteiger partial charge in [0, 0.05) is 6.20 Å². The fourth-order valence-corrected chi connectivity index (χ4v) is 2.15. The van der Waals surface area contributed by atoms with E-state index in [2.05, 4.69) is 26.2 Å². The molecule has 1 aromatic rings. The van der Waals surface area contributed by atoms with Crippen molar-refractivity contribution in [2.45, 2.75) is 18.9 Å². The maximum atomic E-state index is 5.96. The molecule has 16 heavy (non-hydrogen) atoms. The lowest BCUT2D eigenvalue weighted by Gasteiger charge is -2.25. The highest BCUT2D eigenvalue weighted by Crippen LogP contribution is 2.35. The first-order valence-corrected chi connectivity index (χ1v) is 6.15. The summed E-state index contributed by atoms with van der Waals surface area (Å²) in [7, 11) is 1.62. The Hall–Kier alpha value is -0.810. The van der Waals surface area contributed by atoms with E-state index in [1.165, 1.54) is 0 Å². The van der Waals surface area contributed by atoms with E-state index in [0.29, 0.717) is 5.75 Å². The molecule has 0 unspecified atom stereocenters. The number of ether oxygens (including phenoxy) is 2. The van der Waals surface area contributed by atoms with Crippen LogP contribution in [-0.4, -0.2) is 31.3 Å². The fourth-order valence-electron chi connectivity index (χ4n) is 1.75. The topological polar surface area (TPSA) is 43.4 Å². The highest BCUT2D eigenvalue weighted by atomic mass is 79.9. The van der Waals surface area contributed by atoms with E-state index in [0.717, 1.165) is 36.2 Å². The van der Waals surface area contributed by atoms with Crippen molar-refractivity contribution in [3.05, 3.63) is 16.9 Å². The average molecular weight is 287 g/mol. The SMILES string of the molecule is COc1cncc(Br)c1OC1CCNCC1. The predicted molar refractivity (Wildman–Crippen MR) is 65.0 cm³/mol. The third-order valence-electron chi connectivity index (χ3n) is 2.61. The van der Waals surface area contributed by atoms with Gasteiger partial charge in [-0.2, -0.15) is 0 Å². The Kier molecular flexibility index (Phi) is 4.01. The highest BCUT2D eigenvalue weighted by molar-refractivity contribution is 9.10. The molecule has 1 fully saturated rings. The summed E-state index contributed by atoms with van der Waals surface area (Å²) in [4.78, 5) is 4.04. The highest BCUT2D eigenvalue weighted by Gasteiger charge is 2.18. The first-order valence-electron chi connectivity index (χ1n) is 5.36. The lowest BCUT2D eigenvalue weighted by Crippen LogP contribution is -2.34. The minimum atomic E-state index is 0.258. The summed E-state index contributed by atoms with van der Waals surface area (Å²) in [6.45, 7) is 2.02. The molecule has 0 aliphatic carbocycles. The number of halogens is 1. The lowest BCUT2D eigenvalue weighted by molar-refractivity contribution is 0.155. The summed E-state index contributed by atoms with van der Waals surface area (Å²) in [6.07, 6.45) is 5.70. The van der Waals surface area contributed by atoms with E-state index in [4.69, 9.17) is 9.47 Å². The smallest absolute Gasteiger partial charge is 0.180 e. The number of methoxy groups -OCH3 is 1. The molecular formula is C11H15BrN2O2. The first kappa shape index (κ1) is 11.7. The number of aromatic nitrogens is 1. The number of hydrogen-bond acceptors (Lipinski definition) is 4. The van der Waals surface area contributed by atoms with Crippen LogP contribution in [-0.2, 0) is 0 Å². The summed E-state index contributed by atoms with van der Waals surface area (Å²) in [6, 6.07) is 0. The molecule has 1 aromatic heterocycles. The van der Waals surface area contributed by atoms with E-state index in [1.807, 2.05) is 0 Å². The predicted octanol–water partition coefficient (Wildman–Crippen LogP) is 1.98. The minimum absolute atomic E-state index is 0.258. The molecule has 0 aromatic carbocycles. The minimum Gasteiger partial charge on any atom is -0.491 e. The van der Waals surface area contributed by atoms with Gasteiger partial charge < -0.3 is 14.8 Å². The fraction of sp³-hybridized carbons (Fsp3) is 0.545. The molecule has 1 aliphatic rings. The van der Waals surface area contributed by atoms with Gasteiger partial charge in [0.1, 0.15) is 6.10 Å². The molecule has 0 saturated carbocycles. The number of nitrogens with one attached hydrogen (secondary N) is 1. The summed E-state index contributed by atoms with van der Waals surface area (Å²) in [5, 5.41) is 3.31. The second-order valence-electron chi connectivity index (χ2n) is 3.72. The van der Waals surface area contributed by atoms with E-state index in [-0.39, 0.29) is 6.10 Å². The Morgan fingerprint density at radius 3 is 2.81 bits per heavy atom.